The number of carbonyl (C=O) groups excluding carboxylic acids is 1. The Morgan fingerprint density at radius 3 is 2.61 bits per heavy atom. The highest BCUT2D eigenvalue weighted by Gasteiger charge is 2.15. The summed E-state index contributed by atoms with van der Waals surface area (Å²) in [5.41, 5.74) is -0.428. The number of nitrogens with zero attached hydrogens (tertiary/aromatic N) is 1. The lowest BCUT2D eigenvalue weighted by atomic mass is 10.2. The monoisotopic (exact) mass is 277 g/mol. The average Bonchev–Trinajstić information content (AvgIpc) is 2.21. The highest BCUT2D eigenvalue weighted by molar-refractivity contribution is 6.64. The molecule has 0 heterocycles. The van der Waals surface area contributed by atoms with E-state index < -0.39 is 5.60 Å². The Kier molecular flexibility index (Phi) is 8.75. The van der Waals surface area contributed by atoms with Crippen molar-refractivity contribution in [2.75, 3.05) is 26.2 Å². The number of hydrogen-bond acceptors (Lipinski definition) is 4. The Labute approximate surface area is 114 Å². The van der Waals surface area contributed by atoms with Gasteiger partial charge in [0.2, 0.25) is 0 Å². The SMILES string of the molecule is CCNC(Cl)=NCCCNCC(=O)OC(C)(C)C. The molecule has 2 N–H and O–H groups in total. The molecule has 0 saturated heterocycles. The van der Waals surface area contributed by atoms with Crippen LogP contribution in [-0.4, -0.2) is 43.0 Å². The molecule has 6 heteroatoms. The van der Waals surface area contributed by atoms with Crippen LogP contribution in [0.5, 0.6) is 0 Å². The van der Waals surface area contributed by atoms with Gasteiger partial charge in [0.05, 0.1) is 6.54 Å². The van der Waals surface area contributed by atoms with E-state index in [9.17, 15) is 4.79 Å². The number of aliphatic imine (C=N–C) groups is 1. The fourth-order valence-electron chi connectivity index (χ4n) is 1.15. The molecule has 0 radical (unpaired) electrons. The zero-order valence-corrected chi connectivity index (χ0v) is 12.4. The molecule has 0 rings (SSSR count). The minimum Gasteiger partial charge on any atom is -0.459 e. The second-order valence-electron chi connectivity index (χ2n) is 4.82. The van der Waals surface area contributed by atoms with Crippen LogP contribution in [0.15, 0.2) is 4.99 Å². The Morgan fingerprint density at radius 2 is 2.06 bits per heavy atom. The summed E-state index contributed by atoms with van der Waals surface area (Å²) in [5.74, 6) is -0.239. The lowest BCUT2D eigenvalue weighted by Gasteiger charge is -2.19. The van der Waals surface area contributed by atoms with Crippen LogP contribution in [0.2, 0.25) is 0 Å². The Bertz CT molecular complexity index is 275. The molecule has 0 fully saturated rings. The third-order valence-electron chi connectivity index (χ3n) is 1.77. The smallest absolute Gasteiger partial charge is 0.320 e. The Balaban J connectivity index is 3.52. The van der Waals surface area contributed by atoms with Crippen molar-refractivity contribution in [3.8, 4) is 0 Å². The molecule has 0 aliphatic carbocycles. The highest BCUT2D eigenvalue weighted by atomic mass is 35.5. The summed E-state index contributed by atoms with van der Waals surface area (Å²) in [7, 11) is 0. The standard InChI is InChI=1S/C12H24ClN3O2/c1-5-15-11(13)16-8-6-7-14-9-10(17)18-12(2,3)4/h14H,5-9H2,1-4H3,(H,15,16). The first kappa shape index (κ1) is 17.2. The van der Waals surface area contributed by atoms with Crippen molar-refractivity contribution in [3.05, 3.63) is 0 Å². The van der Waals surface area contributed by atoms with Crippen molar-refractivity contribution >= 4 is 22.9 Å². The third kappa shape index (κ3) is 11.7. The van der Waals surface area contributed by atoms with Crippen LogP contribution in [0.1, 0.15) is 34.1 Å². The number of hydrogen-bond donors (Lipinski definition) is 2. The van der Waals surface area contributed by atoms with Gasteiger partial charge in [-0.3, -0.25) is 9.79 Å². The van der Waals surface area contributed by atoms with Gasteiger partial charge >= 0.3 is 5.97 Å². The third-order valence-corrected chi connectivity index (χ3v) is 2.03. The molecule has 0 aliphatic heterocycles. The first-order valence-electron chi connectivity index (χ1n) is 6.21. The number of halogens is 1. The predicted octanol–water partition coefficient (Wildman–Crippen LogP) is 1.51. The minimum atomic E-state index is -0.428. The molecular formula is C12H24ClN3O2. The molecule has 0 aromatic heterocycles. The molecule has 0 aliphatic rings. The number of esters is 1. The molecule has 0 aromatic carbocycles. The quantitative estimate of drug-likeness (QED) is 0.243. The van der Waals surface area contributed by atoms with E-state index in [-0.39, 0.29) is 12.5 Å². The normalized spacial score (nSPS) is 12.4. The molecule has 0 amide bonds. The van der Waals surface area contributed by atoms with Gasteiger partial charge in [0.15, 0.2) is 5.29 Å². The largest absolute Gasteiger partial charge is 0.459 e. The number of rotatable bonds is 7. The van der Waals surface area contributed by atoms with Gasteiger partial charge in [-0.15, -0.1) is 0 Å². The summed E-state index contributed by atoms with van der Waals surface area (Å²) in [6.07, 6.45) is 0.824. The van der Waals surface area contributed by atoms with Crippen LogP contribution in [0.4, 0.5) is 0 Å². The first-order chi connectivity index (χ1) is 8.35. The van der Waals surface area contributed by atoms with E-state index in [1.807, 2.05) is 27.7 Å². The number of nitrogens with one attached hydrogen (secondary N) is 2. The highest BCUT2D eigenvalue weighted by Crippen LogP contribution is 2.05. The number of ether oxygens (including phenoxy) is 1. The molecule has 0 aromatic rings. The average molecular weight is 278 g/mol. The van der Waals surface area contributed by atoms with Crippen molar-refractivity contribution in [2.24, 2.45) is 4.99 Å². The van der Waals surface area contributed by atoms with E-state index in [1.165, 1.54) is 0 Å². The number of carbonyl (C=O) groups is 1. The van der Waals surface area contributed by atoms with Crippen LogP contribution < -0.4 is 10.6 Å². The summed E-state index contributed by atoms with van der Waals surface area (Å²) in [6.45, 7) is 9.83. The van der Waals surface area contributed by atoms with Gasteiger partial charge in [-0.25, -0.2) is 0 Å². The van der Waals surface area contributed by atoms with Gasteiger partial charge in [-0.05, 0) is 52.3 Å². The Morgan fingerprint density at radius 1 is 1.39 bits per heavy atom. The zero-order chi connectivity index (χ0) is 14.0. The maximum absolute atomic E-state index is 11.3. The van der Waals surface area contributed by atoms with E-state index >= 15 is 0 Å². The Hall–Kier alpha value is -0.810. The molecule has 106 valence electrons. The predicted molar refractivity (Wildman–Crippen MR) is 75.2 cm³/mol. The lowest BCUT2D eigenvalue weighted by Crippen LogP contribution is -2.32. The minimum absolute atomic E-state index is 0.224. The zero-order valence-electron chi connectivity index (χ0n) is 11.7. The summed E-state index contributed by atoms with van der Waals surface area (Å²) >= 11 is 5.76. The molecule has 0 unspecified atom stereocenters. The van der Waals surface area contributed by atoms with Crippen LogP contribution in [-0.2, 0) is 9.53 Å². The van der Waals surface area contributed by atoms with Crippen LogP contribution in [0.25, 0.3) is 0 Å². The van der Waals surface area contributed by atoms with E-state index in [0.29, 0.717) is 18.4 Å². The van der Waals surface area contributed by atoms with Crippen molar-refractivity contribution in [2.45, 2.75) is 39.7 Å². The van der Waals surface area contributed by atoms with Crippen LogP contribution in [0.3, 0.4) is 0 Å². The maximum atomic E-state index is 11.3. The van der Waals surface area contributed by atoms with E-state index in [0.717, 1.165) is 13.0 Å². The molecule has 0 atom stereocenters. The molecule has 0 bridgehead atoms. The van der Waals surface area contributed by atoms with Gasteiger partial charge in [0.1, 0.15) is 5.60 Å². The van der Waals surface area contributed by atoms with Crippen LogP contribution in [0, 0.1) is 0 Å². The van der Waals surface area contributed by atoms with E-state index in [2.05, 4.69) is 15.6 Å². The van der Waals surface area contributed by atoms with Crippen molar-refractivity contribution < 1.29 is 9.53 Å². The summed E-state index contributed by atoms with van der Waals surface area (Å²) in [6, 6.07) is 0. The maximum Gasteiger partial charge on any atom is 0.320 e. The number of amidine groups is 1. The van der Waals surface area contributed by atoms with Crippen molar-refractivity contribution in [3.63, 3.8) is 0 Å². The first-order valence-corrected chi connectivity index (χ1v) is 6.59. The second-order valence-corrected chi connectivity index (χ2v) is 5.18. The van der Waals surface area contributed by atoms with Crippen LogP contribution >= 0.6 is 11.6 Å². The fourth-order valence-corrected chi connectivity index (χ4v) is 1.37. The van der Waals surface area contributed by atoms with Gasteiger partial charge in [-0.1, -0.05) is 0 Å². The van der Waals surface area contributed by atoms with Crippen molar-refractivity contribution in [1.29, 1.82) is 0 Å². The van der Waals surface area contributed by atoms with Gasteiger partial charge < -0.3 is 15.4 Å². The van der Waals surface area contributed by atoms with E-state index in [1.54, 1.807) is 0 Å². The van der Waals surface area contributed by atoms with Gasteiger partial charge in [0.25, 0.3) is 0 Å². The molecule has 0 spiro atoms. The second kappa shape index (κ2) is 9.16. The molecule has 18 heavy (non-hydrogen) atoms. The summed E-state index contributed by atoms with van der Waals surface area (Å²) < 4.78 is 5.15. The van der Waals surface area contributed by atoms with Gasteiger partial charge in [0, 0.05) is 13.1 Å². The van der Waals surface area contributed by atoms with Gasteiger partial charge in [-0.2, -0.15) is 0 Å². The van der Waals surface area contributed by atoms with Crippen molar-refractivity contribution in [1.82, 2.24) is 10.6 Å². The van der Waals surface area contributed by atoms with E-state index in [4.69, 9.17) is 16.3 Å². The molecular weight excluding hydrogens is 254 g/mol. The summed E-state index contributed by atoms with van der Waals surface area (Å²) in [5, 5.41) is 6.34. The topological polar surface area (TPSA) is 62.7 Å². The lowest BCUT2D eigenvalue weighted by molar-refractivity contribution is -0.153. The fraction of sp³-hybridized carbons (Fsp3) is 0.833. The molecule has 0 saturated carbocycles. The molecule has 5 nitrogen and oxygen atoms in total. The summed E-state index contributed by atoms with van der Waals surface area (Å²) in [4.78, 5) is 15.4.